The average molecular weight is 584 g/mol. The Hall–Kier alpha value is -5.33. The maximum Gasteiger partial charge on any atom is 0.296 e. The first-order valence-electron chi connectivity index (χ1n) is 14.9. The molecule has 4 aliphatic rings. The van der Waals surface area contributed by atoms with Crippen molar-refractivity contribution in [2.24, 2.45) is 5.10 Å². The molecule has 0 saturated carbocycles. The molecular weight excluding hydrogens is 561 g/mol. The van der Waals surface area contributed by atoms with Crippen molar-refractivity contribution in [3.05, 3.63) is 150 Å². The van der Waals surface area contributed by atoms with Crippen LogP contribution in [0.25, 0.3) is 38.8 Å². The van der Waals surface area contributed by atoms with Crippen LogP contribution in [0.5, 0.6) is 11.5 Å². The van der Waals surface area contributed by atoms with Crippen molar-refractivity contribution in [3.8, 4) is 28.3 Å². The highest BCUT2D eigenvalue weighted by atomic mass is 32.2. The number of thioether (sulfide) groups is 1. The molecule has 2 unspecified atom stereocenters. The lowest BCUT2D eigenvalue weighted by atomic mass is 9.78. The number of para-hydroxylation sites is 1. The first-order chi connectivity index (χ1) is 21.8. The summed E-state index contributed by atoms with van der Waals surface area (Å²) in [5.41, 5.74) is 10.1. The highest BCUT2D eigenvalue weighted by Crippen LogP contribution is 2.64. The van der Waals surface area contributed by atoms with E-state index < -0.39 is 5.54 Å². The number of hydrazone groups is 1. The van der Waals surface area contributed by atoms with Gasteiger partial charge in [0.1, 0.15) is 27.7 Å². The normalized spacial score (nSPS) is 19.9. The van der Waals surface area contributed by atoms with Crippen molar-refractivity contribution >= 4 is 44.4 Å². The number of hydrogen-bond donors (Lipinski definition) is 0. The Morgan fingerprint density at radius 2 is 1.32 bits per heavy atom. The van der Waals surface area contributed by atoms with E-state index in [1.807, 2.05) is 11.8 Å². The molecule has 0 fully saturated rings. The Kier molecular flexibility index (Phi) is 4.20. The van der Waals surface area contributed by atoms with E-state index >= 15 is 0 Å². The Morgan fingerprint density at radius 3 is 2.16 bits per heavy atom. The molecule has 6 heteroatoms. The lowest BCUT2D eigenvalue weighted by molar-refractivity contribution is -0.722. The summed E-state index contributed by atoms with van der Waals surface area (Å²) in [6, 6.07) is 45.5. The molecule has 2 aromatic heterocycles. The summed E-state index contributed by atoms with van der Waals surface area (Å²) >= 11 is 1.85. The Labute approximate surface area is 257 Å². The number of ether oxygens (including phenoxy) is 1. The Bertz CT molecular complexity index is 2410. The highest BCUT2D eigenvalue weighted by molar-refractivity contribution is 8.15. The quantitative estimate of drug-likeness (QED) is 0.192. The predicted molar refractivity (Wildman–Crippen MR) is 176 cm³/mol. The van der Waals surface area contributed by atoms with E-state index in [9.17, 15) is 0 Å². The van der Waals surface area contributed by atoms with Crippen LogP contribution in [-0.2, 0) is 5.54 Å². The lowest BCUT2D eigenvalue weighted by Gasteiger charge is -2.40. The molecule has 0 N–H and O–H groups in total. The highest BCUT2D eigenvalue weighted by Gasteiger charge is 2.67. The summed E-state index contributed by atoms with van der Waals surface area (Å²) < 4.78 is 11.7. The second kappa shape index (κ2) is 7.98. The van der Waals surface area contributed by atoms with Gasteiger partial charge >= 0.3 is 0 Å². The van der Waals surface area contributed by atoms with Gasteiger partial charge in [0.2, 0.25) is 5.54 Å². The fraction of sp³-hybridized carbons (Fsp3) is 0.0526. The third-order valence-corrected chi connectivity index (χ3v) is 11.0. The van der Waals surface area contributed by atoms with Gasteiger partial charge in [0, 0.05) is 10.9 Å². The molecule has 0 radical (unpaired) electrons. The molecule has 44 heavy (non-hydrogen) atoms. The second-order valence-corrected chi connectivity index (χ2v) is 12.9. The van der Waals surface area contributed by atoms with Crippen LogP contribution in [0.1, 0.15) is 16.7 Å². The molecule has 11 rings (SSSR count). The first-order valence-corrected chi connectivity index (χ1v) is 15.8. The Morgan fingerprint density at radius 1 is 0.636 bits per heavy atom. The summed E-state index contributed by atoms with van der Waals surface area (Å²) in [5, 5.41) is 11.1. The van der Waals surface area contributed by atoms with Gasteiger partial charge in [0.15, 0.2) is 5.37 Å². The summed E-state index contributed by atoms with van der Waals surface area (Å²) in [6.45, 7) is 0. The van der Waals surface area contributed by atoms with Crippen LogP contribution in [0.4, 0.5) is 5.69 Å². The molecule has 1 spiro atoms. The molecular formula is C38H23N4OS+. The fourth-order valence-corrected chi connectivity index (χ4v) is 9.41. The van der Waals surface area contributed by atoms with Crippen LogP contribution in [0.2, 0.25) is 0 Å². The van der Waals surface area contributed by atoms with Crippen LogP contribution in [-0.4, -0.2) is 15.0 Å². The molecule has 4 aliphatic heterocycles. The van der Waals surface area contributed by atoms with Crippen LogP contribution in [0, 0.1) is 0 Å². The zero-order valence-electron chi connectivity index (χ0n) is 23.4. The average Bonchev–Trinajstić information content (AvgIpc) is 3.75. The number of aromatic nitrogens is 2. The molecule has 2 atom stereocenters. The lowest BCUT2D eigenvalue weighted by Crippen LogP contribution is -2.66. The summed E-state index contributed by atoms with van der Waals surface area (Å²) in [4.78, 5) is 0. The van der Waals surface area contributed by atoms with E-state index in [4.69, 9.17) is 9.84 Å². The molecule has 5 aromatic carbocycles. The zero-order chi connectivity index (χ0) is 28.6. The number of anilines is 1. The van der Waals surface area contributed by atoms with Gasteiger partial charge in [-0.25, -0.2) is 9.58 Å². The van der Waals surface area contributed by atoms with Gasteiger partial charge in [0.25, 0.3) is 5.65 Å². The fourth-order valence-electron chi connectivity index (χ4n) is 8.01. The van der Waals surface area contributed by atoms with Gasteiger partial charge in [0.05, 0.1) is 28.4 Å². The smallest absolute Gasteiger partial charge is 0.296 e. The Balaban J connectivity index is 1.18. The second-order valence-electron chi connectivity index (χ2n) is 11.8. The van der Waals surface area contributed by atoms with E-state index in [1.54, 1.807) is 0 Å². The molecule has 0 saturated heterocycles. The standard InChI is InChI=1S/C38H23N4OS/c1-2-9-23(10-3-1)24-18-20-25(21-19-24)35-39-42-30-15-7-17-32-34(30)38(37(42)44-35)33-29(14-6-16-31(33)43-32)41-28-13-5-4-11-26(28)27-12-8-22-40(38)36(27)41/h1-22,37H/q+1. The molecule has 0 aliphatic carbocycles. The molecule has 6 heterocycles. The SMILES string of the molecule is c1ccc(-c2ccc(C3=NN4c5cccc6c5C5(c7c(cccc7-n7c8ccccc8c8ccc[n+]5c87)O6)C4S3)cc2)cc1. The van der Waals surface area contributed by atoms with Crippen LogP contribution >= 0.6 is 11.8 Å². The summed E-state index contributed by atoms with van der Waals surface area (Å²) in [7, 11) is 0. The third-order valence-electron chi connectivity index (χ3n) is 9.71. The summed E-state index contributed by atoms with van der Waals surface area (Å²) in [5.74, 6) is 1.81. The van der Waals surface area contributed by atoms with Gasteiger partial charge < -0.3 is 4.74 Å². The van der Waals surface area contributed by atoms with Gasteiger partial charge in [-0.1, -0.05) is 90.6 Å². The van der Waals surface area contributed by atoms with Crippen molar-refractivity contribution < 1.29 is 9.30 Å². The van der Waals surface area contributed by atoms with E-state index in [0.29, 0.717) is 0 Å². The predicted octanol–water partition coefficient (Wildman–Crippen LogP) is 8.20. The van der Waals surface area contributed by atoms with E-state index in [0.717, 1.165) is 27.8 Å². The number of benzene rings is 5. The van der Waals surface area contributed by atoms with E-state index in [2.05, 4.69) is 148 Å². The van der Waals surface area contributed by atoms with Gasteiger partial charge in [-0.2, -0.15) is 9.67 Å². The zero-order valence-corrected chi connectivity index (χ0v) is 24.2. The third kappa shape index (κ3) is 2.61. The molecule has 5 nitrogen and oxygen atoms in total. The number of rotatable bonds is 2. The van der Waals surface area contributed by atoms with Crippen molar-refractivity contribution in [2.45, 2.75) is 10.9 Å². The van der Waals surface area contributed by atoms with Gasteiger partial charge in [-0.15, -0.1) is 0 Å². The van der Waals surface area contributed by atoms with Crippen LogP contribution < -0.4 is 14.3 Å². The van der Waals surface area contributed by atoms with Gasteiger partial charge in [-0.05, 0) is 59.7 Å². The number of fused-ring (bicyclic) bond motifs is 6. The van der Waals surface area contributed by atoms with Gasteiger partial charge in [-0.3, -0.25) is 0 Å². The van der Waals surface area contributed by atoms with E-state index in [1.165, 1.54) is 49.9 Å². The first kappa shape index (κ1) is 23.2. The number of nitrogens with zero attached hydrogens (tertiary/aromatic N) is 4. The van der Waals surface area contributed by atoms with Crippen LogP contribution in [0.3, 0.4) is 0 Å². The largest absolute Gasteiger partial charge is 0.456 e. The maximum absolute atomic E-state index is 6.73. The number of pyridine rings is 1. The molecule has 0 amide bonds. The van der Waals surface area contributed by atoms with Crippen molar-refractivity contribution in [2.75, 3.05) is 5.01 Å². The summed E-state index contributed by atoms with van der Waals surface area (Å²) in [6.07, 6.45) is 2.26. The minimum absolute atomic E-state index is 0.0337. The number of hydrogen-bond acceptors (Lipinski definition) is 4. The molecule has 0 bridgehead atoms. The topological polar surface area (TPSA) is 33.6 Å². The monoisotopic (exact) mass is 583 g/mol. The maximum atomic E-state index is 6.73. The van der Waals surface area contributed by atoms with Crippen molar-refractivity contribution in [1.29, 1.82) is 0 Å². The molecule has 7 aromatic rings. The van der Waals surface area contributed by atoms with Crippen molar-refractivity contribution in [1.82, 2.24) is 4.57 Å². The molecule has 206 valence electrons. The van der Waals surface area contributed by atoms with Crippen LogP contribution in [0.15, 0.2) is 139 Å². The minimum Gasteiger partial charge on any atom is -0.456 e. The van der Waals surface area contributed by atoms with Crippen molar-refractivity contribution in [3.63, 3.8) is 0 Å². The van der Waals surface area contributed by atoms with E-state index in [-0.39, 0.29) is 5.37 Å². The minimum atomic E-state index is -0.542.